The molecule has 0 saturated heterocycles. The first-order valence-corrected chi connectivity index (χ1v) is 3.70. The van der Waals surface area contributed by atoms with E-state index in [4.69, 9.17) is 29.5 Å². The SMILES string of the molecule is CC(=O)C(O)O.O=P([O-])([O-])[O-].[Na+].[Na+].[Na+]. The van der Waals surface area contributed by atoms with Crippen molar-refractivity contribution in [3.63, 3.8) is 0 Å². The van der Waals surface area contributed by atoms with Gasteiger partial charge in [-0.2, -0.15) is 7.82 Å². The van der Waals surface area contributed by atoms with Crippen LogP contribution in [0.15, 0.2) is 0 Å². The molecule has 0 heterocycles. The zero-order valence-electron chi connectivity index (χ0n) is 8.46. The minimum Gasteiger partial charge on any atom is -0.822 e. The van der Waals surface area contributed by atoms with Crippen LogP contribution in [0.4, 0.5) is 0 Å². The maximum absolute atomic E-state index is 9.64. The van der Waals surface area contributed by atoms with Gasteiger partial charge in [-0.1, -0.05) is 0 Å². The fraction of sp³-hybridized carbons (Fsp3) is 0.667. The maximum atomic E-state index is 9.64. The predicted octanol–water partition coefficient (Wildman–Crippen LogP) is -12.9. The monoisotopic (exact) mass is 254 g/mol. The van der Waals surface area contributed by atoms with Crippen LogP contribution in [0.3, 0.4) is 0 Å². The average Bonchev–Trinajstić information content (AvgIpc) is 1.59. The Kier molecular flexibility index (Phi) is 33.7. The summed E-state index contributed by atoms with van der Waals surface area (Å²) >= 11 is 0. The van der Waals surface area contributed by atoms with Gasteiger partial charge in [0.15, 0.2) is 5.78 Å². The van der Waals surface area contributed by atoms with Crippen LogP contribution >= 0.6 is 7.82 Å². The molecule has 0 aliphatic heterocycles. The molecule has 0 aromatic heterocycles. The number of phosphoric acid groups is 1. The number of Topliss-reactive ketones (excluding diaryl/α,β-unsaturated/α-hetero) is 1. The number of carbonyl (C=O) groups excluding carboxylic acids is 1. The second-order valence-corrected chi connectivity index (χ2v) is 2.33. The van der Waals surface area contributed by atoms with Gasteiger partial charge in [0.2, 0.25) is 6.29 Å². The van der Waals surface area contributed by atoms with Gasteiger partial charge in [0.05, 0.1) is 0 Å². The molecule has 0 unspecified atom stereocenters. The molecule has 0 aromatic rings. The van der Waals surface area contributed by atoms with Crippen molar-refractivity contribution in [3.05, 3.63) is 0 Å². The van der Waals surface area contributed by atoms with E-state index in [0.29, 0.717) is 0 Å². The Morgan fingerprint density at radius 3 is 1.21 bits per heavy atom. The van der Waals surface area contributed by atoms with Crippen LogP contribution in [0, 0.1) is 0 Å². The minimum absolute atomic E-state index is 0. The number of hydrogen-bond donors (Lipinski definition) is 2. The predicted molar refractivity (Wildman–Crippen MR) is 26.5 cm³/mol. The van der Waals surface area contributed by atoms with E-state index in [1.165, 1.54) is 0 Å². The molecule has 0 fully saturated rings. The van der Waals surface area contributed by atoms with Gasteiger partial charge in [0, 0.05) is 0 Å². The van der Waals surface area contributed by atoms with E-state index in [-0.39, 0.29) is 88.7 Å². The van der Waals surface area contributed by atoms with Crippen LogP contribution in [0.2, 0.25) is 0 Å². The van der Waals surface area contributed by atoms with E-state index >= 15 is 0 Å². The molecule has 0 amide bonds. The number of aliphatic hydroxyl groups excluding tert-OH is 1. The molecule has 11 heteroatoms. The first-order chi connectivity index (χ1) is 4.64. The molecule has 0 bridgehead atoms. The summed E-state index contributed by atoms with van der Waals surface area (Å²) in [6.45, 7) is 1.10. The van der Waals surface area contributed by atoms with Gasteiger partial charge in [-0.3, -0.25) is 4.79 Å². The van der Waals surface area contributed by atoms with Crippen LogP contribution in [-0.4, -0.2) is 22.3 Å². The van der Waals surface area contributed by atoms with Crippen LogP contribution in [0.1, 0.15) is 6.92 Å². The van der Waals surface area contributed by atoms with Crippen LogP contribution < -0.4 is 103 Å². The molecular weight excluding hydrogens is 248 g/mol. The van der Waals surface area contributed by atoms with E-state index in [9.17, 15) is 4.79 Å². The summed E-state index contributed by atoms with van der Waals surface area (Å²) in [5.41, 5.74) is 0. The molecule has 14 heavy (non-hydrogen) atoms. The minimum atomic E-state index is -5.39. The maximum Gasteiger partial charge on any atom is 1.00 e. The Morgan fingerprint density at radius 2 is 1.21 bits per heavy atom. The summed E-state index contributed by atoms with van der Waals surface area (Å²) in [7, 11) is -5.39. The Hall–Kier alpha value is 2.70. The van der Waals surface area contributed by atoms with E-state index in [1.807, 2.05) is 0 Å². The third-order valence-corrected chi connectivity index (χ3v) is 0.364. The van der Waals surface area contributed by atoms with Crippen LogP contribution in [-0.2, 0) is 9.36 Å². The summed E-state index contributed by atoms with van der Waals surface area (Å²) in [5.74, 6) is -0.630. The van der Waals surface area contributed by atoms with E-state index in [1.54, 1.807) is 0 Å². The smallest absolute Gasteiger partial charge is 0.822 e. The number of ketones is 1. The average molecular weight is 254 g/mol. The summed E-state index contributed by atoms with van der Waals surface area (Å²) < 4.78 is 8.55. The van der Waals surface area contributed by atoms with Gasteiger partial charge in [-0.05, 0) is 6.92 Å². The molecular formula is C3H6Na3O7P. The molecule has 0 spiro atoms. The standard InChI is InChI=1S/C3H6O3.3Na.H3O4P/c1-2(4)3(5)6;;;;1-5(2,3)4/h3,5-6H,1H3;;;;(H3,1,2,3,4)/q;3*+1;/p-3. The van der Waals surface area contributed by atoms with E-state index in [0.717, 1.165) is 6.92 Å². The molecule has 68 valence electrons. The van der Waals surface area contributed by atoms with Crippen molar-refractivity contribution in [1.82, 2.24) is 0 Å². The molecule has 0 aromatic carbocycles. The van der Waals surface area contributed by atoms with Crippen molar-refractivity contribution in [2.75, 3.05) is 0 Å². The first-order valence-electron chi connectivity index (χ1n) is 2.24. The Morgan fingerprint density at radius 1 is 1.14 bits per heavy atom. The van der Waals surface area contributed by atoms with Crippen molar-refractivity contribution >= 4 is 13.6 Å². The zero-order chi connectivity index (χ0) is 9.65. The summed E-state index contributed by atoms with van der Waals surface area (Å²) in [5, 5.41) is 15.7. The molecule has 0 saturated carbocycles. The van der Waals surface area contributed by atoms with E-state index < -0.39 is 19.9 Å². The third kappa shape index (κ3) is 61.5. The summed E-state index contributed by atoms with van der Waals surface area (Å²) in [4.78, 5) is 35.3. The van der Waals surface area contributed by atoms with Crippen molar-refractivity contribution < 1.29 is 123 Å². The fourth-order valence-electron chi connectivity index (χ4n) is 0. The van der Waals surface area contributed by atoms with Crippen molar-refractivity contribution in [3.8, 4) is 0 Å². The number of carbonyl (C=O) groups is 1. The Balaban J connectivity index is -0.0000000321. The van der Waals surface area contributed by atoms with Gasteiger partial charge in [0.1, 0.15) is 0 Å². The molecule has 0 aliphatic carbocycles. The summed E-state index contributed by atoms with van der Waals surface area (Å²) in [6, 6.07) is 0. The molecule has 0 rings (SSSR count). The topological polar surface area (TPSA) is 144 Å². The molecule has 0 aliphatic rings. The second kappa shape index (κ2) is 15.7. The molecule has 2 N–H and O–H groups in total. The zero-order valence-corrected chi connectivity index (χ0v) is 15.4. The van der Waals surface area contributed by atoms with Crippen molar-refractivity contribution in [2.45, 2.75) is 13.2 Å². The normalized spacial score (nSPS) is 8.21. The van der Waals surface area contributed by atoms with Crippen LogP contribution in [0.5, 0.6) is 0 Å². The first kappa shape index (κ1) is 30.1. The van der Waals surface area contributed by atoms with Gasteiger partial charge < -0.3 is 29.5 Å². The van der Waals surface area contributed by atoms with Crippen LogP contribution in [0.25, 0.3) is 0 Å². The Labute approximate surface area is 147 Å². The van der Waals surface area contributed by atoms with Gasteiger partial charge >= 0.3 is 88.7 Å². The molecule has 7 nitrogen and oxygen atoms in total. The van der Waals surface area contributed by atoms with Crippen molar-refractivity contribution in [1.29, 1.82) is 0 Å². The quantitative estimate of drug-likeness (QED) is 0.268. The Bertz CT molecular complexity index is 159. The van der Waals surface area contributed by atoms with Gasteiger partial charge in [0.25, 0.3) is 0 Å². The van der Waals surface area contributed by atoms with Crippen molar-refractivity contribution in [2.24, 2.45) is 0 Å². The van der Waals surface area contributed by atoms with Gasteiger partial charge in [-0.15, -0.1) is 0 Å². The fourth-order valence-corrected chi connectivity index (χ4v) is 0. The number of hydrogen-bond acceptors (Lipinski definition) is 7. The second-order valence-electron chi connectivity index (χ2n) is 1.43. The summed E-state index contributed by atoms with van der Waals surface area (Å²) in [6.07, 6.45) is -1.79. The number of rotatable bonds is 1. The van der Waals surface area contributed by atoms with E-state index in [2.05, 4.69) is 0 Å². The largest absolute Gasteiger partial charge is 1.00 e. The molecule has 0 atom stereocenters. The molecule has 0 radical (unpaired) electrons. The third-order valence-electron chi connectivity index (χ3n) is 0.364. The van der Waals surface area contributed by atoms with Gasteiger partial charge in [-0.25, -0.2) is 0 Å². The number of aliphatic hydroxyl groups is 2.